The minimum Gasteiger partial charge on any atom is -0.388 e. The Kier molecular flexibility index (Phi) is 5.37. The van der Waals surface area contributed by atoms with Crippen LogP contribution in [0.2, 0.25) is 5.28 Å². The van der Waals surface area contributed by atoms with E-state index in [0.717, 1.165) is 12.8 Å². The first kappa shape index (κ1) is 19.3. The summed E-state index contributed by atoms with van der Waals surface area (Å²) in [6.07, 6.45) is 3.93. The van der Waals surface area contributed by atoms with Gasteiger partial charge in [-0.25, -0.2) is 4.98 Å². The van der Waals surface area contributed by atoms with Crippen LogP contribution < -0.4 is 10.6 Å². The van der Waals surface area contributed by atoms with Crippen LogP contribution in [0.4, 0.5) is 5.82 Å². The molecule has 0 bridgehead atoms. The Morgan fingerprint density at radius 3 is 2.71 bits per heavy atom. The summed E-state index contributed by atoms with van der Waals surface area (Å²) in [7, 11) is 0. The molecule has 28 heavy (non-hydrogen) atoms. The number of carbonyl (C=O) groups is 1. The molecule has 11 heteroatoms. The molecule has 5 N–H and O–H groups in total. The largest absolute Gasteiger partial charge is 0.388 e. The number of halogens is 1. The zero-order chi connectivity index (χ0) is 19.8. The molecule has 4 rings (SSSR count). The van der Waals surface area contributed by atoms with Crippen molar-refractivity contribution in [3.63, 3.8) is 0 Å². The van der Waals surface area contributed by atoms with Crippen LogP contribution in [0.5, 0.6) is 0 Å². The van der Waals surface area contributed by atoms with E-state index in [2.05, 4.69) is 25.6 Å². The fraction of sp³-hybridized carbons (Fsp3) is 0.647. The molecule has 2 aliphatic rings. The van der Waals surface area contributed by atoms with Crippen LogP contribution in [0.1, 0.15) is 38.1 Å². The first-order valence-electron chi connectivity index (χ1n) is 9.41. The van der Waals surface area contributed by atoms with Crippen LogP contribution in [0.25, 0.3) is 11.2 Å². The fourth-order valence-electron chi connectivity index (χ4n) is 4.18. The number of imidazole rings is 1. The quantitative estimate of drug-likeness (QED) is 0.432. The van der Waals surface area contributed by atoms with Crippen molar-refractivity contribution in [2.24, 2.45) is 0 Å². The number of amides is 1. The Balaban J connectivity index is 1.64. The summed E-state index contributed by atoms with van der Waals surface area (Å²) in [5.74, 6) is -0.0559. The number of rotatable bonds is 5. The van der Waals surface area contributed by atoms with Gasteiger partial charge >= 0.3 is 0 Å². The second kappa shape index (κ2) is 7.78. The van der Waals surface area contributed by atoms with E-state index in [9.17, 15) is 15.0 Å². The Morgan fingerprint density at radius 1 is 1.25 bits per heavy atom. The summed E-state index contributed by atoms with van der Waals surface area (Å²) >= 11 is 6.13. The third kappa shape index (κ3) is 3.52. The lowest BCUT2D eigenvalue weighted by Crippen LogP contribution is -2.44. The van der Waals surface area contributed by atoms with Gasteiger partial charge in [-0.05, 0) is 30.9 Å². The maximum Gasteiger partial charge on any atom is 0.246 e. The average Bonchev–Trinajstić information content (AvgIpc) is 3.38. The van der Waals surface area contributed by atoms with Gasteiger partial charge < -0.3 is 30.5 Å². The number of carbonyl (C=O) groups excluding carboxylic acids is 1. The van der Waals surface area contributed by atoms with E-state index < -0.39 is 36.8 Å². The summed E-state index contributed by atoms with van der Waals surface area (Å²) in [6.45, 7) is -0.684. The molecule has 4 unspecified atom stereocenters. The van der Waals surface area contributed by atoms with Gasteiger partial charge in [0.05, 0.1) is 18.4 Å². The second-order valence-electron chi connectivity index (χ2n) is 7.41. The Bertz CT molecular complexity index is 871. The molecule has 10 nitrogen and oxygen atoms in total. The monoisotopic (exact) mass is 410 g/mol. The van der Waals surface area contributed by atoms with Crippen LogP contribution in [0.15, 0.2) is 6.33 Å². The molecular formula is C17H23ClN6O4. The Morgan fingerprint density at radius 2 is 2.00 bits per heavy atom. The van der Waals surface area contributed by atoms with E-state index in [4.69, 9.17) is 16.7 Å². The number of aliphatic hydroxyl groups is 3. The van der Waals surface area contributed by atoms with Crippen LogP contribution >= 0.6 is 11.6 Å². The molecule has 0 saturated heterocycles. The SMILES string of the molecule is O=C(CO)NC1CC(n2cnc3c(NC4CCCC4)nc(Cl)nc32)C(O)C1O. The number of hydrogen-bond acceptors (Lipinski definition) is 8. The molecule has 0 radical (unpaired) electrons. The first-order chi connectivity index (χ1) is 13.5. The van der Waals surface area contributed by atoms with Crippen molar-refractivity contribution in [1.29, 1.82) is 0 Å². The van der Waals surface area contributed by atoms with Gasteiger partial charge in [-0.3, -0.25) is 4.79 Å². The maximum absolute atomic E-state index is 11.5. The fourth-order valence-corrected chi connectivity index (χ4v) is 4.34. The van der Waals surface area contributed by atoms with Crippen molar-refractivity contribution in [3.8, 4) is 0 Å². The molecule has 2 fully saturated rings. The molecule has 2 heterocycles. The highest BCUT2D eigenvalue weighted by atomic mass is 35.5. The summed E-state index contributed by atoms with van der Waals surface area (Å²) < 4.78 is 1.65. The van der Waals surface area contributed by atoms with Gasteiger partial charge in [0.25, 0.3) is 0 Å². The number of hydrogen-bond donors (Lipinski definition) is 5. The van der Waals surface area contributed by atoms with E-state index >= 15 is 0 Å². The van der Waals surface area contributed by atoms with Crippen molar-refractivity contribution in [3.05, 3.63) is 11.6 Å². The van der Waals surface area contributed by atoms with Crippen molar-refractivity contribution < 1.29 is 20.1 Å². The van der Waals surface area contributed by atoms with E-state index in [1.165, 1.54) is 19.2 Å². The average molecular weight is 411 g/mol. The Hall–Kier alpha value is -2.01. The van der Waals surface area contributed by atoms with Gasteiger partial charge in [0.2, 0.25) is 11.2 Å². The number of aromatic nitrogens is 4. The number of anilines is 1. The molecule has 0 spiro atoms. The van der Waals surface area contributed by atoms with Gasteiger partial charge in [-0.15, -0.1) is 0 Å². The highest BCUT2D eigenvalue weighted by Crippen LogP contribution is 2.34. The maximum atomic E-state index is 11.5. The smallest absolute Gasteiger partial charge is 0.246 e. The summed E-state index contributed by atoms with van der Waals surface area (Å²) in [5.41, 5.74) is 0.992. The van der Waals surface area contributed by atoms with Crippen molar-refractivity contribution >= 4 is 34.5 Å². The highest BCUT2D eigenvalue weighted by molar-refractivity contribution is 6.28. The minimum absolute atomic E-state index is 0.0629. The molecule has 2 aromatic rings. The molecule has 0 aliphatic heterocycles. The molecule has 4 atom stereocenters. The molecule has 0 aromatic carbocycles. The number of nitrogens with one attached hydrogen (secondary N) is 2. The lowest BCUT2D eigenvalue weighted by Gasteiger charge is -2.18. The van der Waals surface area contributed by atoms with Crippen molar-refractivity contribution in [1.82, 2.24) is 24.8 Å². The third-order valence-corrected chi connectivity index (χ3v) is 5.76. The molecule has 152 valence electrons. The Labute approximate surface area is 166 Å². The van der Waals surface area contributed by atoms with E-state index in [-0.39, 0.29) is 11.7 Å². The molecule has 2 aromatic heterocycles. The predicted octanol–water partition coefficient (Wildman–Crippen LogP) is -0.0221. The number of nitrogens with zero attached hydrogens (tertiary/aromatic N) is 4. The minimum atomic E-state index is -1.17. The predicted molar refractivity (Wildman–Crippen MR) is 101 cm³/mol. The standard InChI is InChI=1S/C17H23ClN6O4/c18-17-22-15(20-8-3-1-2-4-8)12-16(23-17)24(7-19-12)10-5-9(13(27)14(10)28)21-11(26)6-25/h7-10,13-14,25,27-28H,1-6H2,(H,21,26)(H,20,22,23). The van der Waals surface area contributed by atoms with E-state index in [1.54, 1.807) is 4.57 Å². The highest BCUT2D eigenvalue weighted by Gasteiger charge is 2.43. The summed E-state index contributed by atoms with van der Waals surface area (Å²) in [4.78, 5) is 24.4. The van der Waals surface area contributed by atoms with Crippen LogP contribution in [0.3, 0.4) is 0 Å². The first-order valence-corrected chi connectivity index (χ1v) is 9.78. The van der Waals surface area contributed by atoms with Gasteiger partial charge in [-0.2, -0.15) is 9.97 Å². The zero-order valence-electron chi connectivity index (χ0n) is 15.1. The normalized spacial score (nSPS) is 28.1. The van der Waals surface area contributed by atoms with Crippen molar-refractivity contribution in [2.45, 2.75) is 62.4 Å². The number of aliphatic hydroxyl groups excluding tert-OH is 3. The lowest BCUT2D eigenvalue weighted by molar-refractivity contribution is -0.125. The second-order valence-corrected chi connectivity index (χ2v) is 7.75. The van der Waals surface area contributed by atoms with Gasteiger partial charge in [-0.1, -0.05) is 12.8 Å². The van der Waals surface area contributed by atoms with E-state index in [0.29, 0.717) is 23.0 Å². The zero-order valence-corrected chi connectivity index (χ0v) is 15.9. The summed E-state index contributed by atoms with van der Waals surface area (Å²) in [5, 5.41) is 35.7. The molecule has 1 amide bonds. The van der Waals surface area contributed by atoms with Gasteiger partial charge in [0.1, 0.15) is 18.8 Å². The van der Waals surface area contributed by atoms with Crippen LogP contribution in [0, 0.1) is 0 Å². The lowest BCUT2D eigenvalue weighted by atomic mass is 10.2. The van der Waals surface area contributed by atoms with Gasteiger partial charge in [0, 0.05) is 6.04 Å². The van der Waals surface area contributed by atoms with Crippen molar-refractivity contribution in [2.75, 3.05) is 11.9 Å². The molecular weight excluding hydrogens is 388 g/mol. The van der Waals surface area contributed by atoms with Crippen LogP contribution in [-0.2, 0) is 4.79 Å². The topological polar surface area (TPSA) is 145 Å². The van der Waals surface area contributed by atoms with E-state index in [1.807, 2.05) is 0 Å². The third-order valence-electron chi connectivity index (χ3n) is 5.59. The van der Waals surface area contributed by atoms with Crippen LogP contribution in [-0.4, -0.2) is 71.6 Å². The molecule has 2 aliphatic carbocycles. The summed E-state index contributed by atoms with van der Waals surface area (Å²) in [6, 6.07) is -0.934. The van der Waals surface area contributed by atoms with Gasteiger partial charge in [0.15, 0.2) is 17.0 Å². The molecule has 2 saturated carbocycles. The number of fused-ring (bicyclic) bond motifs is 1.